The summed E-state index contributed by atoms with van der Waals surface area (Å²) >= 11 is 0. The van der Waals surface area contributed by atoms with E-state index in [1.165, 1.54) is 10.7 Å². The number of aromatic nitrogens is 2. The number of nitrogens with zero attached hydrogens (tertiary/aromatic N) is 4. The maximum absolute atomic E-state index is 10.1. The van der Waals surface area contributed by atoms with Crippen molar-refractivity contribution in [1.29, 1.82) is 0 Å². The molecule has 5 nitrogen and oxygen atoms in total. The Morgan fingerprint density at radius 2 is 1.54 bits per heavy atom. The second kappa shape index (κ2) is 5.96. The number of aromatic hydroxyl groups is 1. The Morgan fingerprint density at radius 3 is 2.42 bits per heavy atom. The Kier molecular flexibility index (Phi) is 3.51. The summed E-state index contributed by atoms with van der Waals surface area (Å²) in [5, 5.41) is 24.9. The standard InChI is InChI=1S/C19H14N4O/c24-19-13-18(22-23(19)15-9-2-1-3-10-15)21-20-17-12-6-8-14-7-4-5-11-16(14)17/h1-13,24H. The molecule has 24 heavy (non-hydrogen) atoms. The van der Waals surface area contributed by atoms with Gasteiger partial charge in [0.2, 0.25) is 5.88 Å². The minimum absolute atomic E-state index is 0.0214. The quantitative estimate of drug-likeness (QED) is 0.532. The van der Waals surface area contributed by atoms with E-state index in [1.807, 2.05) is 72.8 Å². The highest BCUT2D eigenvalue weighted by atomic mass is 16.3. The van der Waals surface area contributed by atoms with E-state index in [2.05, 4.69) is 15.3 Å². The lowest BCUT2D eigenvalue weighted by atomic mass is 10.1. The van der Waals surface area contributed by atoms with Gasteiger partial charge in [0.1, 0.15) is 0 Å². The molecular weight excluding hydrogens is 300 g/mol. The van der Waals surface area contributed by atoms with Gasteiger partial charge in [0, 0.05) is 11.5 Å². The zero-order valence-corrected chi connectivity index (χ0v) is 12.7. The first-order chi connectivity index (χ1) is 11.8. The van der Waals surface area contributed by atoms with Crippen molar-refractivity contribution >= 4 is 22.3 Å². The van der Waals surface area contributed by atoms with Gasteiger partial charge in [-0.05, 0) is 23.6 Å². The molecule has 0 aliphatic rings. The highest BCUT2D eigenvalue weighted by molar-refractivity contribution is 5.92. The summed E-state index contributed by atoms with van der Waals surface area (Å²) in [5.74, 6) is 0.373. The number of hydrogen-bond acceptors (Lipinski definition) is 4. The summed E-state index contributed by atoms with van der Waals surface area (Å²) in [7, 11) is 0. The van der Waals surface area contributed by atoms with E-state index in [4.69, 9.17) is 0 Å². The zero-order valence-electron chi connectivity index (χ0n) is 12.7. The average Bonchev–Trinajstić information content (AvgIpc) is 3.01. The van der Waals surface area contributed by atoms with Crippen LogP contribution < -0.4 is 0 Å². The third-order valence-corrected chi connectivity index (χ3v) is 3.71. The minimum Gasteiger partial charge on any atom is -0.493 e. The van der Waals surface area contributed by atoms with Crippen LogP contribution in [0.1, 0.15) is 0 Å². The van der Waals surface area contributed by atoms with Crippen LogP contribution in [0.4, 0.5) is 11.5 Å². The molecule has 116 valence electrons. The van der Waals surface area contributed by atoms with Gasteiger partial charge < -0.3 is 5.11 Å². The molecule has 0 aliphatic carbocycles. The molecule has 1 aromatic heterocycles. The van der Waals surface area contributed by atoms with E-state index in [0.717, 1.165) is 22.1 Å². The van der Waals surface area contributed by atoms with Crippen LogP contribution in [-0.2, 0) is 0 Å². The van der Waals surface area contributed by atoms with Crippen molar-refractivity contribution < 1.29 is 5.11 Å². The fourth-order valence-corrected chi connectivity index (χ4v) is 2.57. The lowest BCUT2D eigenvalue weighted by Gasteiger charge is -2.01. The molecule has 0 unspecified atom stereocenters. The third kappa shape index (κ3) is 2.63. The summed E-state index contributed by atoms with van der Waals surface area (Å²) in [6, 6.07) is 24.8. The normalized spacial score (nSPS) is 11.3. The van der Waals surface area contributed by atoms with Crippen molar-refractivity contribution in [1.82, 2.24) is 9.78 Å². The summed E-state index contributed by atoms with van der Waals surface area (Å²) in [6.45, 7) is 0. The van der Waals surface area contributed by atoms with Crippen LogP contribution in [0.15, 0.2) is 89.1 Å². The number of benzene rings is 3. The molecule has 0 spiro atoms. The molecule has 4 rings (SSSR count). The third-order valence-electron chi connectivity index (χ3n) is 3.71. The van der Waals surface area contributed by atoms with Crippen LogP contribution in [0.5, 0.6) is 5.88 Å². The van der Waals surface area contributed by atoms with Gasteiger partial charge in [0.05, 0.1) is 11.4 Å². The largest absolute Gasteiger partial charge is 0.493 e. The van der Waals surface area contributed by atoms with Crippen LogP contribution in [0, 0.1) is 0 Å². The maximum atomic E-state index is 10.1. The van der Waals surface area contributed by atoms with Gasteiger partial charge in [0.25, 0.3) is 0 Å². The molecule has 1 heterocycles. The van der Waals surface area contributed by atoms with Gasteiger partial charge in [-0.15, -0.1) is 15.3 Å². The summed E-state index contributed by atoms with van der Waals surface area (Å²) in [6.07, 6.45) is 0. The molecule has 1 N–H and O–H groups in total. The predicted molar refractivity (Wildman–Crippen MR) is 93.4 cm³/mol. The van der Waals surface area contributed by atoms with Crippen LogP contribution >= 0.6 is 0 Å². The predicted octanol–water partition coefficient (Wildman–Crippen LogP) is 5.15. The Bertz CT molecular complexity index is 1020. The number of azo groups is 1. The smallest absolute Gasteiger partial charge is 0.216 e. The first-order valence-corrected chi connectivity index (χ1v) is 7.55. The van der Waals surface area contributed by atoms with Crippen molar-refractivity contribution in [2.45, 2.75) is 0 Å². The van der Waals surface area contributed by atoms with E-state index in [9.17, 15) is 5.11 Å². The molecule has 0 saturated carbocycles. The molecule has 5 heteroatoms. The maximum Gasteiger partial charge on any atom is 0.216 e. The topological polar surface area (TPSA) is 62.8 Å². The average molecular weight is 314 g/mol. The number of rotatable bonds is 3. The number of hydrogen-bond donors (Lipinski definition) is 1. The monoisotopic (exact) mass is 314 g/mol. The SMILES string of the molecule is Oc1cc(N=Nc2cccc3ccccc23)nn1-c1ccccc1. The van der Waals surface area contributed by atoms with Crippen LogP contribution in [0.2, 0.25) is 0 Å². The van der Waals surface area contributed by atoms with Gasteiger partial charge in [-0.25, -0.2) is 0 Å². The summed E-state index contributed by atoms with van der Waals surface area (Å²) in [5.41, 5.74) is 1.53. The lowest BCUT2D eigenvalue weighted by Crippen LogP contribution is -1.94. The molecule has 0 saturated heterocycles. The highest BCUT2D eigenvalue weighted by Crippen LogP contribution is 2.28. The van der Waals surface area contributed by atoms with E-state index in [1.54, 1.807) is 0 Å². The number of fused-ring (bicyclic) bond motifs is 1. The highest BCUT2D eigenvalue weighted by Gasteiger charge is 2.08. The lowest BCUT2D eigenvalue weighted by molar-refractivity contribution is 0.433. The fraction of sp³-hybridized carbons (Fsp3) is 0. The van der Waals surface area contributed by atoms with Gasteiger partial charge in [-0.2, -0.15) is 4.68 Å². The molecule has 0 amide bonds. The Balaban J connectivity index is 1.69. The van der Waals surface area contributed by atoms with Crippen molar-refractivity contribution in [3.63, 3.8) is 0 Å². The van der Waals surface area contributed by atoms with Crippen molar-refractivity contribution in [2.24, 2.45) is 10.2 Å². The number of para-hydroxylation sites is 1. The molecule has 4 aromatic rings. The summed E-state index contributed by atoms with van der Waals surface area (Å²) in [4.78, 5) is 0. The molecule has 3 aromatic carbocycles. The van der Waals surface area contributed by atoms with Crippen LogP contribution in [-0.4, -0.2) is 14.9 Å². The Labute approximate surface area is 138 Å². The molecule has 0 aliphatic heterocycles. The van der Waals surface area contributed by atoms with Crippen molar-refractivity contribution in [2.75, 3.05) is 0 Å². The molecular formula is C19H14N4O. The second-order valence-electron chi connectivity index (χ2n) is 5.31. The van der Waals surface area contributed by atoms with E-state index >= 15 is 0 Å². The minimum atomic E-state index is 0.0214. The molecule has 0 fully saturated rings. The first-order valence-electron chi connectivity index (χ1n) is 7.55. The van der Waals surface area contributed by atoms with Crippen LogP contribution in [0.25, 0.3) is 16.5 Å². The van der Waals surface area contributed by atoms with Gasteiger partial charge in [-0.1, -0.05) is 54.6 Å². The van der Waals surface area contributed by atoms with Gasteiger partial charge in [-0.3, -0.25) is 0 Å². The van der Waals surface area contributed by atoms with E-state index in [-0.39, 0.29) is 5.88 Å². The van der Waals surface area contributed by atoms with Gasteiger partial charge >= 0.3 is 0 Å². The van der Waals surface area contributed by atoms with Gasteiger partial charge in [0.15, 0.2) is 5.82 Å². The molecule has 0 radical (unpaired) electrons. The molecule has 0 bridgehead atoms. The zero-order chi connectivity index (χ0) is 16.4. The van der Waals surface area contributed by atoms with E-state index < -0.39 is 0 Å². The second-order valence-corrected chi connectivity index (χ2v) is 5.31. The van der Waals surface area contributed by atoms with E-state index in [0.29, 0.717) is 5.82 Å². The van der Waals surface area contributed by atoms with Crippen molar-refractivity contribution in [3.05, 3.63) is 78.9 Å². The Morgan fingerprint density at radius 1 is 0.792 bits per heavy atom. The Hall–Kier alpha value is -3.47. The van der Waals surface area contributed by atoms with Crippen LogP contribution in [0.3, 0.4) is 0 Å². The first kappa shape index (κ1) is 14.1. The van der Waals surface area contributed by atoms with Crippen molar-refractivity contribution in [3.8, 4) is 11.6 Å². The molecule has 0 atom stereocenters. The fourth-order valence-electron chi connectivity index (χ4n) is 2.57. The summed E-state index contributed by atoms with van der Waals surface area (Å²) < 4.78 is 1.43.